The van der Waals surface area contributed by atoms with E-state index in [2.05, 4.69) is 72.1 Å². The van der Waals surface area contributed by atoms with Gasteiger partial charge < -0.3 is 30.5 Å². The van der Waals surface area contributed by atoms with Crippen molar-refractivity contribution in [1.29, 1.82) is 0 Å². The third-order valence-electron chi connectivity index (χ3n) is 7.53. The Morgan fingerprint density at radius 1 is 0.891 bits per heavy atom. The van der Waals surface area contributed by atoms with Crippen LogP contribution in [0.25, 0.3) is 0 Å². The smallest absolute Gasteiger partial charge is 0.336 e. The number of ether oxygens (including phenoxy) is 1. The molecule has 4 rings (SSSR count). The normalized spacial score (nSPS) is 15.8. The molecule has 0 atom stereocenters. The molecular formula is C34H44N4O8. The summed E-state index contributed by atoms with van der Waals surface area (Å²) in [7, 11) is 0. The van der Waals surface area contributed by atoms with E-state index in [1.54, 1.807) is 6.20 Å². The lowest BCUT2D eigenvalue weighted by Crippen LogP contribution is -2.62. The zero-order chi connectivity index (χ0) is 34.0. The molecule has 0 radical (unpaired) electrons. The van der Waals surface area contributed by atoms with Gasteiger partial charge in [-0.15, -0.1) is 0 Å². The first kappa shape index (κ1) is 36.1. The second-order valence-corrected chi connectivity index (χ2v) is 12.9. The Morgan fingerprint density at radius 2 is 1.52 bits per heavy atom. The molecule has 0 saturated carbocycles. The molecule has 12 heteroatoms. The Hall–Kier alpha value is -4.39. The number of pyridine rings is 2. The Labute approximate surface area is 269 Å². The van der Waals surface area contributed by atoms with Crippen molar-refractivity contribution in [2.24, 2.45) is 0 Å². The molecule has 46 heavy (non-hydrogen) atoms. The van der Waals surface area contributed by atoms with Crippen molar-refractivity contribution in [2.45, 2.75) is 95.8 Å². The van der Waals surface area contributed by atoms with E-state index >= 15 is 0 Å². The van der Waals surface area contributed by atoms with Crippen molar-refractivity contribution in [3.05, 3.63) is 90.0 Å². The lowest BCUT2D eigenvalue weighted by atomic mass is 9.78. The zero-order valence-electron chi connectivity index (χ0n) is 26.7. The fourth-order valence-electron chi connectivity index (χ4n) is 5.91. The second-order valence-electron chi connectivity index (χ2n) is 12.9. The number of aliphatic hydroxyl groups is 1. The third-order valence-corrected chi connectivity index (χ3v) is 7.53. The maximum absolute atomic E-state index is 10.3. The molecule has 5 N–H and O–H groups in total. The molecule has 0 amide bonds. The first-order valence-electron chi connectivity index (χ1n) is 15.0. The van der Waals surface area contributed by atoms with Crippen LogP contribution in [-0.4, -0.2) is 75.9 Å². The highest BCUT2D eigenvalue weighted by atomic mass is 16.5. The topological polar surface area (TPSA) is 182 Å². The number of benzene rings is 1. The average molecular weight is 637 g/mol. The van der Waals surface area contributed by atoms with Gasteiger partial charge in [-0.05, 0) is 70.4 Å². The first-order valence-corrected chi connectivity index (χ1v) is 15.0. The Bertz CT molecular complexity index is 1420. The fraction of sp³-hybridized carbons (Fsp3) is 0.441. The summed E-state index contributed by atoms with van der Waals surface area (Å²) in [5.41, 5.74) is 0.785. The summed E-state index contributed by atoms with van der Waals surface area (Å²) in [5.74, 6) is -4.10. The highest BCUT2D eigenvalue weighted by Crippen LogP contribution is 2.34. The minimum atomic E-state index is -2.74. The summed E-state index contributed by atoms with van der Waals surface area (Å²) < 4.78 is 6.23. The van der Waals surface area contributed by atoms with Crippen LogP contribution in [0, 0.1) is 0 Å². The molecule has 12 nitrogen and oxygen atoms in total. The van der Waals surface area contributed by atoms with Gasteiger partial charge >= 0.3 is 17.9 Å². The molecule has 0 bridgehead atoms. The number of aliphatic carboxylic acids is 3. The highest BCUT2D eigenvalue weighted by molar-refractivity contribution is 5.88. The summed E-state index contributed by atoms with van der Waals surface area (Å²) in [6.45, 7) is 11.4. The lowest BCUT2D eigenvalue weighted by Gasteiger charge is -2.49. The molecule has 0 aliphatic carbocycles. The minimum Gasteiger partial charge on any atom is -0.487 e. The van der Waals surface area contributed by atoms with Crippen molar-refractivity contribution in [3.8, 4) is 5.75 Å². The average Bonchev–Trinajstić information content (AvgIpc) is 2.95. The number of rotatable bonds is 13. The Morgan fingerprint density at radius 3 is 2.07 bits per heavy atom. The molecular weight excluding hydrogens is 592 g/mol. The van der Waals surface area contributed by atoms with E-state index < -0.39 is 36.4 Å². The van der Waals surface area contributed by atoms with Crippen LogP contribution in [0.4, 0.5) is 0 Å². The molecule has 1 aliphatic rings. The molecule has 3 heterocycles. The van der Waals surface area contributed by atoms with Crippen molar-refractivity contribution < 1.29 is 39.5 Å². The van der Waals surface area contributed by atoms with Crippen molar-refractivity contribution in [1.82, 2.24) is 20.2 Å². The standard InChI is InChI=1S/C28H36N4O.C6H8O7/c1-27(2)16-25(17-28(3,4)31-27)32(19-22-10-9-14-29-18-22)20-23-11-5-6-13-26(23)33-21-24-12-7-8-15-30-24;7-3(8)1-6(13,5(11)12)2-4(9)10/h5-15,18,25,31H,16-17,19-21H2,1-4H3;13H,1-2H2,(H,7,8)(H,9,10)(H,11,12). The summed E-state index contributed by atoms with van der Waals surface area (Å²) >= 11 is 0. The Kier molecular flexibility index (Phi) is 12.4. The van der Waals surface area contributed by atoms with Gasteiger partial charge in [-0.2, -0.15) is 0 Å². The van der Waals surface area contributed by atoms with Crippen LogP contribution in [0.5, 0.6) is 5.75 Å². The van der Waals surface area contributed by atoms with Gasteiger partial charge in [-0.25, -0.2) is 4.79 Å². The van der Waals surface area contributed by atoms with Gasteiger partial charge in [-0.1, -0.05) is 30.3 Å². The van der Waals surface area contributed by atoms with E-state index in [9.17, 15) is 14.4 Å². The molecule has 0 unspecified atom stereocenters. The molecule has 0 spiro atoms. The van der Waals surface area contributed by atoms with Crippen molar-refractivity contribution >= 4 is 17.9 Å². The summed E-state index contributed by atoms with van der Waals surface area (Å²) in [4.78, 5) is 41.8. The van der Waals surface area contributed by atoms with Crippen LogP contribution < -0.4 is 10.1 Å². The summed E-state index contributed by atoms with van der Waals surface area (Å²) in [6, 6.07) is 18.9. The molecule has 3 aromatic rings. The number of hydrogen-bond acceptors (Lipinski definition) is 9. The van der Waals surface area contributed by atoms with E-state index in [0.29, 0.717) is 12.6 Å². The van der Waals surface area contributed by atoms with E-state index in [1.165, 1.54) is 11.1 Å². The van der Waals surface area contributed by atoms with Gasteiger partial charge in [0, 0.05) is 54.4 Å². The van der Waals surface area contributed by atoms with Gasteiger partial charge in [0.25, 0.3) is 0 Å². The Balaban J connectivity index is 0.000000376. The second kappa shape index (κ2) is 15.7. The largest absolute Gasteiger partial charge is 0.487 e. The molecule has 1 saturated heterocycles. The van der Waals surface area contributed by atoms with Gasteiger partial charge in [0.15, 0.2) is 5.60 Å². The predicted molar refractivity (Wildman–Crippen MR) is 170 cm³/mol. The van der Waals surface area contributed by atoms with Crippen LogP contribution in [0.15, 0.2) is 73.2 Å². The SMILES string of the molecule is CC1(C)CC(N(Cc2cccnc2)Cc2ccccc2OCc2ccccn2)CC(C)(C)N1.O=C(O)CC(O)(CC(=O)O)C(=O)O. The van der Waals surface area contributed by atoms with Gasteiger partial charge in [0.1, 0.15) is 12.4 Å². The number of nitrogens with zero attached hydrogens (tertiary/aromatic N) is 3. The van der Waals surface area contributed by atoms with Crippen LogP contribution >= 0.6 is 0 Å². The maximum Gasteiger partial charge on any atom is 0.336 e. The number of piperidine rings is 1. The van der Waals surface area contributed by atoms with Gasteiger partial charge in [0.05, 0.1) is 18.5 Å². The van der Waals surface area contributed by atoms with Crippen LogP contribution in [0.1, 0.15) is 70.2 Å². The zero-order valence-corrected chi connectivity index (χ0v) is 26.7. The van der Waals surface area contributed by atoms with E-state index in [4.69, 9.17) is 25.2 Å². The molecule has 1 aromatic carbocycles. The van der Waals surface area contributed by atoms with Crippen LogP contribution in [0.2, 0.25) is 0 Å². The van der Waals surface area contributed by atoms with E-state index in [0.717, 1.165) is 37.4 Å². The maximum atomic E-state index is 10.3. The number of carboxylic acid groups (broad SMARTS) is 3. The number of nitrogens with one attached hydrogen (secondary N) is 1. The van der Waals surface area contributed by atoms with Crippen LogP contribution in [-0.2, 0) is 34.1 Å². The van der Waals surface area contributed by atoms with E-state index in [-0.39, 0.29) is 11.1 Å². The number of carbonyl (C=O) groups is 3. The van der Waals surface area contributed by atoms with Crippen LogP contribution in [0.3, 0.4) is 0 Å². The van der Waals surface area contributed by atoms with Crippen molar-refractivity contribution in [2.75, 3.05) is 0 Å². The number of para-hydroxylation sites is 1. The first-order chi connectivity index (χ1) is 21.6. The predicted octanol–water partition coefficient (Wildman–Crippen LogP) is 4.12. The third kappa shape index (κ3) is 11.5. The minimum absolute atomic E-state index is 0.0780. The summed E-state index contributed by atoms with van der Waals surface area (Å²) in [5, 5.41) is 37.6. The number of hydrogen-bond donors (Lipinski definition) is 5. The quantitative estimate of drug-likeness (QED) is 0.181. The molecule has 2 aromatic heterocycles. The monoisotopic (exact) mass is 636 g/mol. The summed E-state index contributed by atoms with van der Waals surface area (Å²) in [6.07, 6.45) is 5.52. The number of carboxylic acids is 3. The molecule has 1 aliphatic heterocycles. The van der Waals surface area contributed by atoms with Gasteiger partial charge in [0.2, 0.25) is 0 Å². The fourth-order valence-corrected chi connectivity index (χ4v) is 5.91. The lowest BCUT2D eigenvalue weighted by molar-refractivity contribution is -0.170. The highest BCUT2D eigenvalue weighted by Gasteiger charge is 2.41. The number of aromatic nitrogens is 2. The molecule has 1 fully saturated rings. The van der Waals surface area contributed by atoms with Gasteiger partial charge in [-0.3, -0.25) is 24.5 Å². The van der Waals surface area contributed by atoms with E-state index in [1.807, 2.05) is 42.7 Å². The molecule has 248 valence electrons. The van der Waals surface area contributed by atoms with Crippen molar-refractivity contribution in [3.63, 3.8) is 0 Å².